The van der Waals surface area contributed by atoms with Crippen LogP contribution in [0.25, 0.3) is 0 Å². The van der Waals surface area contributed by atoms with E-state index in [1.54, 1.807) is 0 Å². The second-order valence-electron chi connectivity index (χ2n) is 6.27. The average Bonchev–Trinajstić information content (AvgIpc) is 2.72. The Bertz CT molecular complexity index is 633. The van der Waals surface area contributed by atoms with Crippen LogP contribution in [0.15, 0.2) is 70.7 Å². The standard InChI is InChI=1S/2C11H13ClN.2ClH.2Pd/c2*1-13(2)9-11(12)8-10-6-4-3-5-7-10;;;;/h2*3-7H,9H2,1-2H3;2*1H;;/q2*-1;;;2*+2/p-2. The Labute approximate surface area is 222 Å². The molecule has 0 aliphatic carbocycles. The van der Waals surface area contributed by atoms with Crippen molar-refractivity contribution in [1.82, 2.24) is 9.80 Å². The molecule has 0 spiro atoms. The normalized spacial score (nSPS) is 11.0. The summed E-state index contributed by atoms with van der Waals surface area (Å²) in [5.74, 6) is 0. The number of likely N-dealkylation sites (N-methyl/N-ethyl adjacent to an activating group) is 2. The van der Waals surface area contributed by atoms with Gasteiger partial charge in [-0.2, -0.15) is 47.5 Å². The van der Waals surface area contributed by atoms with Gasteiger partial charge >= 0.3 is 55.4 Å². The third-order valence-corrected chi connectivity index (χ3v) is 3.45. The summed E-state index contributed by atoms with van der Waals surface area (Å²) in [7, 11) is 16.9. The number of nitrogens with zero attached hydrogens (tertiary/aromatic N) is 2. The van der Waals surface area contributed by atoms with Gasteiger partial charge in [0.25, 0.3) is 0 Å². The molecule has 2 nitrogen and oxygen atoms in total. The topological polar surface area (TPSA) is 6.48 Å². The van der Waals surface area contributed by atoms with Crippen molar-refractivity contribution < 1.29 is 36.4 Å². The molecule has 0 radical (unpaired) electrons. The molecule has 0 saturated carbocycles. The van der Waals surface area contributed by atoms with E-state index in [0.717, 1.165) is 34.3 Å². The summed E-state index contributed by atoms with van der Waals surface area (Å²) in [6.45, 7) is 1.47. The van der Waals surface area contributed by atoms with Crippen molar-refractivity contribution in [3.63, 3.8) is 0 Å². The van der Waals surface area contributed by atoms with E-state index in [2.05, 4.69) is 67.6 Å². The van der Waals surface area contributed by atoms with Gasteiger partial charge in [-0.1, -0.05) is 12.1 Å². The first kappa shape index (κ1) is 32.5. The van der Waals surface area contributed by atoms with Crippen LogP contribution in [0.4, 0.5) is 0 Å². The van der Waals surface area contributed by atoms with E-state index in [1.807, 2.05) is 98.7 Å². The molecule has 0 amide bonds. The summed E-state index contributed by atoms with van der Waals surface area (Å²) >= 11 is 16.4. The van der Waals surface area contributed by atoms with Crippen LogP contribution in [0, 0.1) is 12.2 Å². The number of rotatable bonds is 6. The zero-order valence-electron chi connectivity index (χ0n) is 17.2. The van der Waals surface area contributed by atoms with Gasteiger partial charge in [-0.05, 0) is 38.3 Å². The average molecular weight is 673 g/mol. The Balaban J connectivity index is 0. The Morgan fingerprint density at radius 2 is 0.900 bits per heavy atom. The molecule has 0 heterocycles. The van der Waals surface area contributed by atoms with E-state index in [9.17, 15) is 0 Å². The van der Waals surface area contributed by atoms with E-state index in [-0.39, 0.29) is 0 Å². The van der Waals surface area contributed by atoms with Crippen LogP contribution in [-0.4, -0.2) is 51.1 Å². The third kappa shape index (κ3) is 20.2. The molecule has 0 aliphatic rings. The molecule has 0 N–H and O–H groups in total. The summed E-state index contributed by atoms with van der Waals surface area (Å²) < 4.78 is 0. The molecule has 2 aromatic carbocycles. The molecule has 0 bridgehead atoms. The van der Waals surface area contributed by atoms with Crippen LogP contribution in [0.2, 0.25) is 0 Å². The van der Waals surface area contributed by atoms with E-state index >= 15 is 0 Å². The number of hydrogen-bond acceptors (Lipinski definition) is 2. The van der Waals surface area contributed by atoms with Gasteiger partial charge in [-0.3, -0.25) is 0 Å². The van der Waals surface area contributed by atoms with Crippen LogP contribution in [0.5, 0.6) is 0 Å². The first-order valence-corrected chi connectivity index (χ1v) is 13.3. The van der Waals surface area contributed by atoms with Gasteiger partial charge in [0.15, 0.2) is 0 Å². The molecule has 0 saturated heterocycles. The summed E-state index contributed by atoms with van der Waals surface area (Å²) in [5.41, 5.74) is 2.05. The van der Waals surface area contributed by atoms with Crippen LogP contribution >= 0.6 is 42.3 Å². The van der Waals surface area contributed by atoms with Crippen molar-refractivity contribution in [3.05, 3.63) is 94.0 Å². The fourth-order valence-electron chi connectivity index (χ4n) is 1.99. The Morgan fingerprint density at radius 3 is 1.13 bits per heavy atom. The van der Waals surface area contributed by atoms with E-state index < -0.39 is 0 Å². The van der Waals surface area contributed by atoms with Crippen LogP contribution < -0.4 is 0 Å². The molecule has 172 valence electrons. The van der Waals surface area contributed by atoms with Gasteiger partial charge in [0.05, 0.1) is 0 Å². The van der Waals surface area contributed by atoms with Crippen molar-refractivity contribution in [3.8, 4) is 0 Å². The van der Waals surface area contributed by atoms with Gasteiger partial charge < -0.3 is 9.80 Å². The molecule has 0 aromatic heterocycles. The zero-order chi connectivity index (χ0) is 23.4. The number of benzene rings is 2. The predicted molar refractivity (Wildman–Crippen MR) is 125 cm³/mol. The van der Waals surface area contributed by atoms with Gasteiger partial charge in [0.2, 0.25) is 0 Å². The summed E-state index contributed by atoms with van der Waals surface area (Å²) in [5, 5.41) is 1.47. The quantitative estimate of drug-likeness (QED) is 0.258. The third-order valence-electron chi connectivity index (χ3n) is 3.02. The molecule has 30 heavy (non-hydrogen) atoms. The maximum atomic E-state index is 5.97. The fourth-order valence-corrected chi connectivity index (χ4v) is 2.69. The van der Waals surface area contributed by atoms with Gasteiger partial charge in [0, 0.05) is 13.1 Å². The number of halogens is 4. The molecule has 0 atom stereocenters. The van der Waals surface area contributed by atoms with Crippen molar-refractivity contribution in [1.29, 1.82) is 0 Å². The van der Waals surface area contributed by atoms with E-state index in [1.165, 1.54) is 0 Å². The molecular weight excluding hydrogens is 647 g/mol. The van der Waals surface area contributed by atoms with Crippen LogP contribution in [0.1, 0.15) is 11.1 Å². The summed E-state index contributed by atoms with van der Waals surface area (Å²) in [6, 6.07) is 19.8. The second kappa shape index (κ2) is 22.5. The Kier molecular flexibility index (Phi) is 24.4. The van der Waals surface area contributed by atoms with Gasteiger partial charge in [0.1, 0.15) is 0 Å². The van der Waals surface area contributed by atoms with Crippen molar-refractivity contribution >= 4 is 42.3 Å². The second-order valence-corrected chi connectivity index (χ2v) is 7.18. The minimum atomic E-state index is 0.733. The fraction of sp³-hybridized carbons (Fsp3) is 0.273. The molecule has 0 fully saturated rings. The van der Waals surface area contributed by atoms with Gasteiger partial charge in [-0.15, -0.1) is 47.5 Å². The Hall–Kier alpha value is 0.325. The van der Waals surface area contributed by atoms with Crippen molar-refractivity contribution in [2.75, 3.05) is 41.3 Å². The predicted octanol–water partition coefficient (Wildman–Crippen LogP) is 6.42. The summed E-state index contributed by atoms with van der Waals surface area (Å²) in [4.78, 5) is 4.02. The first-order chi connectivity index (χ1) is 14.4. The zero-order valence-corrected chi connectivity index (χ0v) is 23.4. The summed E-state index contributed by atoms with van der Waals surface area (Å²) in [6.07, 6.45) is 6.23. The molecular formula is C22H26Cl4N2Pd2. The Morgan fingerprint density at radius 1 is 0.633 bits per heavy atom. The van der Waals surface area contributed by atoms with E-state index in [0.29, 0.717) is 0 Å². The monoisotopic (exact) mass is 670 g/mol. The molecule has 2 rings (SSSR count). The minimum absolute atomic E-state index is 0.733. The molecule has 0 unspecified atom stereocenters. The maximum absolute atomic E-state index is 5.97. The SMILES string of the molecule is CN(C)CC(Cl)=[C-]c1ccccc1.CN(C)CC(Cl)=[C-]c1ccccc1.[Cl][Pd+].[Cl][Pd+]. The van der Waals surface area contributed by atoms with Crippen LogP contribution in [-0.2, 0) is 36.4 Å². The van der Waals surface area contributed by atoms with Gasteiger partial charge in [-0.25, -0.2) is 0 Å². The van der Waals surface area contributed by atoms with Crippen molar-refractivity contribution in [2.24, 2.45) is 0 Å². The molecule has 2 aromatic rings. The van der Waals surface area contributed by atoms with Crippen LogP contribution in [0.3, 0.4) is 0 Å². The number of hydrogen-bond donors (Lipinski definition) is 0. The van der Waals surface area contributed by atoms with E-state index in [4.69, 9.17) is 23.2 Å². The molecule has 8 heteroatoms. The first-order valence-electron chi connectivity index (χ1n) is 8.57. The van der Waals surface area contributed by atoms with Crippen molar-refractivity contribution in [2.45, 2.75) is 0 Å². The molecule has 0 aliphatic heterocycles.